The highest BCUT2D eigenvalue weighted by Crippen LogP contribution is 2.18. The minimum atomic E-state index is 0. The summed E-state index contributed by atoms with van der Waals surface area (Å²) in [6.45, 7) is 9.69. The first-order valence-corrected chi connectivity index (χ1v) is 7.44. The first kappa shape index (κ1) is 19.0. The molecule has 1 fully saturated rings. The normalized spacial score (nSPS) is 22.7. The van der Waals surface area contributed by atoms with Gasteiger partial charge in [0.2, 0.25) is 0 Å². The SMILES string of the molecule is CCCCNC(N)=NCC(C)N1CCCCC1C.I. The number of hydrogen-bond donors (Lipinski definition) is 2. The summed E-state index contributed by atoms with van der Waals surface area (Å²) in [5.41, 5.74) is 5.85. The van der Waals surface area contributed by atoms with Crippen molar-refractivity contribution < 1.29 is 0 Å². The van der Waals surface area contributed by atoms with Crippen molar-refractivity contribution in [3.63, 3.8) is 0 Å². The lowest BCUT2D eigenvalue weighted by atomic mass is 10.0. The van der Waals surface area contributed by atoms with Gasteiger partial charge in [-0.25, -0.2) is 0 Å². The van der Waals surface area contributed by atoms with Gasteiger partial charge in [0.1, 0.15) is 0 Å². The van der Waals surface area contributed by atoms with Crippen LogP contribution in [-0.2, 0) is 0 Å². The van der Waals surface area contributed by atoms with Crippen molar-refractivity contribution in [3.8, 4) is 0 Å². The maximum absolute atomic E-state index is 5.85. The van der Waals surface area contributed by atoms with Crippen LogP contribution >= 0.6 is 24.0 Å². The summed E-state index contributed by atoms with van der Waals surface area (Å²) in [6.07, 6.45) is 6.34. The largest absolute Gasteiger partial charge is 0.370 e. The van der Waals surface area contributed by atoms with Crippen molar-refractivity contribution >= 4 is 29.9 Å². The maximum atomic E-state index is 5.85. The fourth-order valence-corrected chi connectivity index (χ4v) is 2.56. The van der Waals surface area contributed by atoms with Crippen LogP contribution in [0.4, 0.5) is 0 Å². The minimum absolute atomic E-state index is 0. The molecular formula is C14H31IN4. The van der Waals surface area contributed by atoms with Crippen molar-refractivity contribution in [1.29, 1.82) is 0 Å². The van der Waals surface area contributed by atoms with Gasteiger partial charge in [0.15, 0.2) is 5.96 Å². The van der Waals surface area contributed by atoms with E-state index in [1.165, 1.54) is 32.2 Å². The van der Waals surface area contributed by atoms with E-state index in [0.717, 1.165) is 19.5 Å². The predicted molar refractivity (Wildman–Crippen MR) is 94.3 cm³/mol. The van der Waals surface area contributed by atoms with Crippen LogP contribution in [0.1, 0.15) is 52.9 Å². The standard InChI is InChI=1S/C14H30N4.HI/c1-4-5-9-16-14(15)17-11-13(3)18-10-7-6-8-12(18)2;/h12-13H,4-11H2,1-3H3,(H3,15,16,17);1H. The monoisotopic (exact) mass is 382 g/mol. The molecule has 1 saturated heterocycles. The smallest absolute Gasteiger partial charge is 0.188 e. The number of likely N-dealkylation sites (tertiary alicyclic amines) is 1. The number of halogens is 1. The number of aliphatic imine (C=N–C) groups is 1. The lowest BCUT2D eigenvalue weighted by Gasteiger charge is -2.37. The molecule has 1 rings (SSSR count). The van der Waals surface area contributed by atoms with Crippen LogP contribution < -0.4 is 11.1 Å². The predicted octanol–water partition coefficient (Wildman–Crippen LogP) is 2.57. The number of hydrogen-bond acceptors (Lipinski definition) is 2. The highest BCUT2D eigenvalue weighted by Gasteiger charge is 2.22. The number of unbranched alkanes of at least 4 members (excludes halogenated alkanes) is 1. The van der Waals surface area contributed by atoms with E-state index in [1.807, 2.05) is 0 Å². The van der Waals surface area contributed by atoms with E-state index in [9.17, 15) is 0 Å². The Bertz CT molecular complexity index is 258. The first-order valence-electron chi connectivity index (χ1n) is 7.44. The van der Waals surface area contributed by atoms with Crippen molar-refractivity contribution in [2.75, 3.05) is 19.6 Å². The molecule has 2 unspecified atom stereocenters. The van der Waals surface area contributed by atoms with Gasteiger partial charge in [-0.2, -0.15) is 0 Å². The third kappa shape index (κ3) is 7.34. The lowest BCUT2D eigenvalue weighted by Crippen LogP contribution is -2.45. The second kappa shape index (κ2) is 10.7. The number of nitrogens with one attached hydrogen (secondary N) is 1. The Morgan fingerprint density at radius 2 is 2.21 bits per heavy atom. The van der Waals surface area contributed by atoms with Gasteiger partial charge in [0.05, 0.1) is 6.54 Å². The van der Waals surface area contributed by atoms with Gasteiger partial charge in [-0.1, -0.05) is 19.8 Å². The third-order valence-electron chi connectivity index (χ3n) is 3.78. The number of piperidine rings is 1. The molecule has 0 aromatic heterocycles. The summed E-state index contributed by atoms with van der Waals surface area (Å²) in [5, 5.41) is 3.16. The molecule has 0 aromatic carbocycles. The van der Waals surface area contributed by atoms with Crippen LogP contribution in [0.25, 0.3) is 0 Å². The van der Waals surface area contributed by atoms with Crippen molar-refractivity contribution in [2.24, 2.45) is 10.7 Å². The van der Waals surface area contributed by atoms with Gasteiger partial charge in [-0.05, 0) is 39.7 Å². The molecule has 4 nitrogen and oxygen atoms in total. The molecule has 19 heavy (non-hydrogen) atoms. The molecule has 1 aliphatic rings. The number of nitrogens with two attached hydrogens (primary N) is 1. The number of rotatable bonds is 6. The molecule has 1 aliphatic heterocycles. The van der Waals surface area contributed by atoms with Crippen molar-refractivity contribution in [1.82, 2.24) is 10.2 Å². The fraction of sp³-hybridized carbons (Fsp3) is 0.929. The van der Waals surface area contributed by atoms with E-state index in [0.29, 0.717) is 18.0 Å². The maximum Gasteiger partial charge on any atom is 0.188 e. The van der Waals surface area contributed by atoms with Gasteiger partial charge in [0, 0.05) is 18.6 Å². The molecule has 0 bridgehead atoms. The number of guanidine groups is 1. The van der Waals surface area contributed by atoms with E-state index in [2.05, 4.69) is 36.0 Å². The van der Waals surface area contributed by atoms with Crippen molar-refractivity contribution in [2.45, 2.75) is 65.0 Å². The van der Waals surface area contributed by atoms with E-state index >= 15 is 0 Å². The first-order chi connectivity index (χ1) is 8.65. The fourth-order valence-electron chi connectivity index (χ4n) is 2.56. The Morgan fingerprint density at radius 3 is 2.84 bits per heavy atom. The molecule has 0 spiro atoms. The topological polar surface area (TPSA) is 53.6 Å². The molecule has 1 heterocycles. The Hall–Kier alpha value is -0.0400. The molecule has 5 heteroatoms. The van der Waals surface area contributed by atoms with Gasteiger partial charge < -0.3 is 11.1 Å². The average molecular weight is 382 g/mol. The van der Waals surface area contributed by atoms with Gasteiger partial charge in [-0.3, -0.25) is 9.89 Å². The summed E-state index contributed by atoms with van der Waals surface area (Å²) in [7, 11) is 0. The average Bonchev–Trinajstić information content (AvgIpc) is 2.37. The molecule has 3 N–H and O–H groups in total. The third-order valence-corrected chi connectivity index (χ3v) is 3.78. The van der Waals surface area contributed by atoms with Gasteiger partial charge in [-0.15, -0.1) is 24.0 Å². The molecule has 0 saturated carbocycles. The molecule has 2 atom stereocenters. The van der Waals surface area contributed by atoms with Gasteiger partial charge >= 0.3 is 0 Å². The summed E-state index contributed by atoms with van der Waals surface area (Å²) >= 11 is 0. The van der Waals surface area contributed by atoms with E-state index in [4.69, 9.17) is 5.73 Å². The second-order valence-electron chi connectivity index (χ2n) is 5.44. The van der Waals surface area contributed by atoms with Crippen LogP contribution in [0.15, 0.2) is 4.99 Å². The molecule has 0 aliphatic carbocycles. The molecular weight excluding hydrogens is 351 g/mol. The molecule has 0 radical (unpaired) electrons. The van der Waals surface area contributed by atoms with Crippen LogP contribution in [0, 0.1) is 0 Å². The zero-order valence-corrected chi connectivity index (χ0v) is 15.0. The molecule has 0 amide bonds. The van der Waals surface area contributed by atoms with Crippen molar-refractivity contribution in [3.05, 3.63) is 0 Å². The summed E-state index contributed by atoms with van der Waals surface area (Å²) in [4.78, 5) is 7.01. The van der Waals surface area contributed by atoms with Gasteiger partial charge in [0.25, 0.3) is 0 Å². The molecule has 0 aromatic rings. The Kier molecular flexibility index (Phi) is 10.7. The van der Waals surface area contributed by atoms with E-state index in [-0.39, 0.29) is 24.0 Å². The van der Waals surface area contributed by atoms with Crippen LogP contribution in [0.5, 0.6) is 0 Å². The Morgan fingerprint density at radius 1 is 1.47 bits per heavy atom. The van der Waals surface area contributed by atoms with E-state index < -0.39 is 0 Å². The molecule has 114 valence electrons. The Labute approximate surface area is 135 Å². The zero-order chi connectivity index (χ0) is 13.4. The van der Waals surface area contributed by atoms with Crippen LogP contribution in [0.3, 0.4) is 0 Å². The van der Waals surface area contributed by atoms with Crippen LogP contribution in [0.2, 0.25) is 0 Å². The lowest BCUT2D eigenvalue weighted by molar-refractivity contribution is 0.118. The van der Waals surface area contributed by atoms with Crippen LogP contribution in [-0.4, -0.2) is 42.6 Å². The highest BCUT2D eigenvalue weighted by molar-refractivity contribution is 14.0. The van der Waals surface area contributed by atoms with E-state index in [1.54, 1.807) is 0 Å². The minimum Gasteiger partial charge on any atom is -0.370 e. The Balaban J connectivity index is 0.00000324. The summed E-state index contributed by atoms with van der Waals surface area (Å²) in [6, 6.07) is 1.19. The zero-order valence-electron chi connectivity index (χ0n) is 12.7. The quantitative estimate of drug-likeness (QED) is 0.321. The highest BCUT2D eigenvalue weighted by atomic mass is 127. The second-order valence-corrected chi connectivity index (χ2v) is 5.44. The summed E-state index contributed by atoms with van der Waals surface area (Å²) in [5.74, 6) is 0.597. The summed E-state index contributed by atoms with van der Waals surface area (Å²) < 4.78 is 0. The number of nitrogens with zero attached hydrogens (tertiary/aromatic N) is 2.